The van der Waals surface area contributed by atoms with E-state index in [-0.39, 0.29) is 24.5 Å². The molecule has 0 aliphatic carbocycles. The van der Waals surface area contributed by atoms with Gasteiger partial charge in [0.05, 0.1) is 6.04 Å². The topological polar surface area (TPSA) is 41.6 Å². The molecule has 0 aromatic rings. The molecule has 1 rings (SSSR count). The first kappa shape index (κ1) is 15.4. The van der Waals surface area contributed by atoms with Crippen molar-refractivity contribution in [2.24, 2.45) is 0 Å². The number of carbonyl (C=O) groups is 1. The number of rotatable bonds is 1. The third-order valence-corrected chi connectivity index (χ3v) is 2.09. The van der Waals surface area contributed by atoms with Crippen molar-refractivity contribution in [2.45, 2.75) is 32.4 Å². The Morgan fingerprint density at radius 1 is 1.56 bits per heavy atom. The molecule has 6 heteroatoms. The molecule has 1 aliphatic rings. The Kier molecular flexibility index (Phi) is 6.04. The largest absolute Gasteiger partial charge is 0.444 e. The molecule has 1 saturated heterocycles. The summed E-state index contributed by atoms with van der Waals surface area (Å²) in [5.74, 6) is 0. The van der Waals surface area contributed by atoms with Gasteiger partial charge >= 0.3 is 6.09 Å². The number of amides is 1. The fraction of sp³-hybridized carbons (Fsp3) is 0.900. The van der Waals surface area contributed by atoms with Crippen LogP contribution in [0.1, 0.15) is 20.8 Å². The summed E-state index contributed by atoms with van der Waals surface area (Å²) in [6.45, 7) is 6.57. The van der Waals surface area contributed by atoms with Gasteiger partial charge in [0.1, 0.15) is 12.3 Å². The monoisotopic (exact) mass is 254 g/mol. The van der Waals surface area contributed by atoms with E-state index in [1.54, 1.807) is 4.90 Å². The zero-order chi connectivity index (χ0) is 11.5. The van der Waals surface area contributed by atoms with E-state index in [4.69, 9.17) is 4.74 Å². The van der Waals surface area contributed by atoms with E-state index in [1.807, 2.05) is 20.8 Å². The molecule has 0 radical (unpaired) electrons. The van der Waals surface area contributed by atoms with Gasteiger partial charge in [-0.1, -0.05) is 0 Å². The van der Waals surface area contributed by atoms with E-state index in [1.165, 1.54) is 0 Å². The van der Waals surface area contributed by atoms with Gasteiger partial charge in [-0.15, -0.1) is 12.4 Å². The standard InChI is InChI=1S/C10H19FN2O2.ClH/c1-10(2,3)15-9(14)13-5-4-12-8(6-11)7-13;/h8,12H,4-7H2,1-3H3;1H. The molecule has 1 N–H and O–H groups in total. The van der Waals surface area contributed by atoms with E-state index in [0.29, 0.717) is 19.6 Å². The van der Waals surface area contributed by atoms with E-state index >= 15 is 0 Å². The van der Waals surface area contributed by atoms with Crippen LogP contribution < -0.4 is 5.32 Å². The van der Waals surface area contributed by atoms with Gasteiger partial charge in [-0.3, -0.25) is 0 Å². The maximum absolute atomic E-state index is 12.4. The quantitative estimate of drug-likeness (QED) is 0.773. The lowest BCUT2D eigenvalue weighted by atomic mass is 10.2. The zero-order valence-corrected chi connectivity index (χ0v) is 10.8. The highest BCUT2D eigenvalue weighted by molar-refractivity contribution is 5.85. The second kappa shape index (κ2) is 6.25. The number of hydrogen-bond donors (Lipinski definition) is 1. The number of nitrogens with zero attached hydrogens (tertiary/aromatic N) is 1. The van der Waals surface area contributed by atoms with Crippen molar-refractivity contribution < 1.29 is 13.9 Å². The summed E-state index contributed by atoms with van der Waals surface area (Å²) in [6.07, 6.45) is -0.359. The van der Waals surface area contributed by atoms with E-state index in [2.05, 4.69) is 5.32 Å². The molecule has 1 atom stereocenters. The molecule has 0 saturated carbocycles. The molecule has 0 bridgehead atoms. The highest BCUT2D eigenvalue weighted by Crippen LogP contribution is 2.11. The van der Waals surface area contributed by atoms with Gasteiger partial charge in [-0.25, -0.2) is 9.18 Å². The number of nitrogens with one attached hydrogen (secondary N) is 1. The first-order chi connectivity index (χ1) is 6.92. The van der Waals surface area contributed by atoms with E-state index < -0.39 is 12.3 Å². The van der Waals surface area contributed by atoms with Gasteiger partial charge < -0.3 is 15.0 Å². The molecular formula is C10H20ClFN2O2. The van der Waals surface area contributed by atoms with Crippen molar-refractivity contribution in [1.29, 1.82) is 0 Å². The maximum atomic E-state index is 12.4. The summed E-state index contributed by atoms with van der Waals surface area (Å²) in [6, 6.07) is -0.258. The average Bonchev–Trinajstić information content (AvgIpc) is 2.15. The highest BCUT2D eigenvalue weighted by atomic mass is 35.5. The lowest BCUT2D eigenvalue weighted by Gasteiger charge is -2.33. The molecule has 4 nitrogen and oxygen atoms in total. The fourth-order valence-electron chi connectivity index (χ4n) is 1.42. The van der Waals surface area contributed by atoms with Crippen molar-refractivity contribution in [1.82, 2.24) is 10.2 Å². The lowest BCUT2D eigenvalue weighted by Crippen LogP contribution is -2.54. The van der Waals surface area contributed by atoms with Crippen LogP contribution in [-0.2, 0) is 4.74 Å². The number of carbonyl (C=O) groups excluding carboxylic acids is 1. The van der Waals surface area contributed by atoms with Crippen molar-refractivity contribution >= 4 is 18.5 Å². The van der Waals surface area contributed by atoms with Gasteiger partial charge in [-0.05, 0) is 20.8 Å². The van der Waals surface area contributed by atoms with Crippen LogP contribution in [-0.4, -0.2) is 48.9 Å². The van der Waals surface area contributed by atoms with Gasteiger partial charge in [-0.2, -0.15) is 0 Å². The van der Waals surface area contributed by atoms with Crippen LogP contribution in [0.3, 0.4) is 0 Å². The first-order valence-corrected chi connectivity index (χ1v) is 5.19. The van der Waals surface area contributed by atoms with Crippen molar-refractivity contribution in [3.05, 3.63) is 0 Å². The van der Waals surface area contributed by atoms with E-state index in [9.17, 15) is 9.18 Å². The predicted octanol–water partition coefficient (Wildman–Crippen LogP) is 1.59. The summed E-state index contributed by atoms with van der Waals surface area (Å²) in [7, 11) is 0. The Labute approximate surface area is 102 Å². The molecule has 1 fully saturated rings. The van der Waals surface area contributed by atoms with Crippen LogP contribution in [0.15, 0.2) is 0 Å². The lowest BCUT2D eigenvalue weighted by molar-refractivity contribution is 0.0187. The highest BCUT2D eigenvalue weighted by Gasteiger charge is 2.26. The molecule has 0 aromatic carbocycles. The van der Waals surface area contributed by atoms with Gasteiger partial charge in [0, 0.05) is 19.6 Å². The predicted molar refractivity (Wildman–Crippen MR) is 62.8 cm³/mol. The van der Waals surface area contributed by atoms with Crippen molar-refractivity contribution in [2.75, 3.05) is 26.3 Å². The van der Waals surface area contributed by atoms with Crippen LogP contribution in [0.5, 0.6) is 0 Å². The fourth-order valence-corrected chi connectivity index (χ4v) is 1.42. The molecule has 1 heterocycles. The summed E-state index contributed by atoms with van der Waals surface area (Å²) in [5, 5.41) is 2.99. The Morgan fingerprint density at radius 2 is 2.19 bits per heavy atom. The summed E-state index contributed by atoms with van der Waals surface area (Å²) < 4.78 is 17.6. The second-order valence-corrected chi connectivity index (χ2v) is 4.73. The summed E-state index contributed by atoms with van der Waals surface area (Å²) in [5.41, 5.74) is -0.493. The number of ether oxygens (including phenoxy) is 1. The number of halogens is 2. The van der Waals surface area contributed by atoms with E-state index in [0.717, 1.165) is 0 Å². The third kappa shape index (κ3) is 4.99. The van der Waals surface area contributed by atoms with Crippen molar-refractivity contribution in [3.8, 4) is 0 Å². The smallest absolute Gasteiger partial charge is 0.410 e. The Bertz CT molecular complexity index is 233. The van der Waals surface area contributed by atoms with Gasteiger partial charge in [0.15, 0.2) is 0 Å². The molecule has 1 aliphatic heterocycles. The molecule has 96 valence electrons. The number of piperazine rings is 1. The van der Waals surface area contributed by atoms with Crippen LogP contribution in [0.4, 0.5) is 9.18 Å². The minimum absolute atomic E-state index is 0. The van der Waals surface area contributed by atoms with Crippen LogP contribution in [0, 0.1) is 0 Å². The Balaban J connectivity index is 0.00000225. The zero-order valence-electron chi connectivity index (χ0n) is 9.96. The Morgan fingerprint density at radius 3 is 2.69 bits per heavy atom. The van der Waals surface area contributed by atoms with Gasteiger partial charge in [0.2, 0.25) is 0 Å². The minimum atomic E-state index is -0.493. The SMILES string of the molecule is CC(C)(C)OC(=O)N1CCNC(CF)C1.Cl. The third-order valence-electron chi connectivity index (χ3n) is 2.09. The van der Waals surface area contributed by atoms with Gasteiger partial charge in [0.25, 0.3) is 0 Å². The average molecular weight is 255 g/mol. The minimum Gasteiger partial charge on any atom is -0.444 e. The van der Waals surface area contributed by atoms with Crippen LogP contribution >= 0.6 is 12.4 Å². The summed E-state index contributed by atoms with van der Waals surface area (Å²) >= 11 is 0. The molecule has 0 spiro atoms. The Hall–Kier alpha value is -0.550. The maximum Gasteiger partial charge on any atom is 0.410 e. The molecule has 16 heavy (non-hydrogen) atoms. The van der Waals surface area contributed by atoms with Crippen LogP contribution in [0.25, 0.3) is 0 Å². The molecule has 0 aromatic heterocycles. The second-order valence-electron chi connectivity index (χ2n) is 4.73. The number of hydrogen-bond acceptors (Lipinski definition) is 3. The summed E-state index contributed by atoms with van der Waals surface area (Å²) in [4.78, 5) is 13.2. The molecular weight excluding hydrogens is 235 g/mol. The van der Waals surface area contributed by atoms with Crippen molar-refractivity contribution in [3.63, 3.8) is 0 Å². The number of alkyl halides is 1. The molecule has 1 amide bonds. The first-order valence-electron chi connectivity index (χ1n) is 5.19. The molecule has 1 unspecified atom stereocenters. The van der Waals surface area contributed by atoms with Crippen LogP contribution in [0.2, 0.25) is 0 Å². The normalized spacial score (nSPS) is 21.2.